The minimum Gasteiger partial charge on any atom is -0.357 e. The highest BCUT2D eigenvalue weighted by atomic mass is 16.2. The highest BCUT2D eigenvalue weighted by Gasteiger charge is 2.20. The van der Waals surface area contributed by atoms with Gasteiger partial charge in [0.2, 0.25) is 5.91 Å². The van der Waals surface area contributed by atoms with Crippen molar-refractivity contribution in [3.8, 4) is 0 Å². The third kappa shape index (κ3) is 9.64. The van der Waals surface area contributed by atoms with Crippen molar-refractivity contribution < 1.29 is 4.79 Å². The zero-order valence-electron chi connectivity index (χ0n) is 13.8. The highest BCUT2D eigenvalue weighted by molar-refractivity contribution is 5.81. The van der Waals surface area contributed by atoms with Gasteiger partial charge in [0.25, 0.3) is 0 Å². The molecule has 0 aliphatic carbocycles. The number of amides is 1. The molecule has 0 radical (unpaired) electrons. The molecule has 5 nitrogen and oxygen atoms in total. The summed E-state index contributed by atoms with van der Waals surface area (Å²) in [4.78, 5) is 16.2. The van der Waals surface area contributed by atoms with E-state index in [-0.39, 0.29) is 11.3 Å². The Kier molecular flexibility index (Phi) is 9.86. The first-order chi connectivity index (χ1) is 9.41. The van der Waals surface area contributed by atoms with Crippen LogP contribution in [0.1, 0.15) is 53.9 Å². The molecule has 0 rings (SSSR count). The average molecular weight is 284 g/mol. The van der Waals surface area contributed by atoms with Crippen LogP contribution in [0.3, 0.4) is 0 Å². The molecule has 3 N–H and O–H groups in total. The van der Waals surface area contributed by atoms with Gasteiger partial charge in [-0.2, -0.15) is 0 Å². The van der Waals surface area contributed by atoms with Crippen molar-refractivity contribution in [1.29, 1.82) is 0 Å². The van der Waals surface area contributed by atoms with E-state index in [2.05, 4.69) is 27.9 Å². The van der Waals surface area contributed by atoms with Crippen molar-refractivity contribution in [3.05, 3.63) is 0 Å². The number of carbonyl (C=O) groups is 1. The van der Waals surface area contributed by atoms with Gasteiger partial charge in [0, 0.05) is 31.6 Å². The van der Waals surface area contributed by atoms with E-state index in [1.54, 1.807) is 0 Å². The summed E-state index contributed by atoms with van der Waals surface area (Å²) in [6.07, 6.45) is 3.54. The summed E-state index contributed by atoms with van der Waals surface area (Å²) in [5, 5.41) is 9.34. The molecule has 1 amide bonds. The summed E-state index contributed by atoms with van der Waals surface area (Å²) < 4.78 is 0. The maximum Gasteiger partial charge on any atom is 0.225 e. The quantitative estimate of drug-likeness (QED) is 0.362. The number of nitrogens with zero attached hydrogens (tertiary/aromatic N) is 1. The number of carbonyl (C=O) groups excluding carboxylic acids is 1. The summed E-state index contributed by atoms with van der Waals surface area (Å²) in [6.45, 7) is 12.9. The third-order valence-corrected chi connectivity index (χ3v) is 2.76. The predicted molar refractivity (Wildman–Crippen MR) is 86.0 cm³/mol. The van der Waals surface area contributed by atoms with Crippen LogP contribution in [-0.2, 0) is 4.79 Å². The Labute approximate surface area is 124 Å². The van der Waals surface area contributed by atoms with Crippen LogP contribution in [0, 0.1) is 5.41 Å². The molecule has 0 aromatic heterocycles. The predicted octanol–water partition coefficient (Wildman–Crippen LogP) is 1.89. The van der Waals surface area contributed by atoms with Crippen LogP contribution in [-0.4, -0.2) is 38.0 Å². The molecule has 0 atom stereocenters. The minimum absolute atomic E-state index is 0.0733. The minimum atomic E-state index is -0.335. The second-order valence-electron chi connectivity index (χ2n) is 5.90. The van der Waals surface area contributed by atoms with Crippen LogP contribution in [0.4, 0.5) is 0 Å². The van der Waals surface area contributed by atoms with Crippen LogP contribution in [0.15, 0.2) is 4.99 Å². The second-order valence-corrected chi connectivity index (χ2v) is 5.90. The standard InChI is InChI=1S/C15H32N4O/c1-6-8-9-10-18-14(16-7-2)19-12-11-17-13(20)15(3,4)5/h6-12H2,1-5H3,(H,17,20)(H2,16,18,19). The van der Waals surface area contributed by atoms with Crippen molar-refractivity contribution in [3.63, 3.8) is 0 Å². The van der Waals surface area contributed by atoms with Gasteiger partial charge in [0.05, 0.1) is 0 Å². The lowest BCUT2D eigenvalue weighted by Gasteiger charge is -2.18. The Bertz CT molecular complexity index is 295. The van der Waals surface area contributed by atoms with E-state index in [9.17, 15) is 4.79 Å². The van der Waals surface area contributed by atoms with Gasteiger partial charge in [-0.25, -0.2) is 0 Å². The number of aliphatic imine (C=N–C) groups is 1. The lowest BCUT2D eigenvalue weighted by Crippen LogP contribution is -2.43. The number of hydrogen-bond donors (Lipinski definition) is 3. The van der Waals surface area contributed by atoms with Gasteiger partial charge in [-0.1, -0.05) is 40.5 Å². The molecule has 0 aliphatic rings. The first-order valence-electron chi connectivity index (χ1n) is 7.72. The Balaban J connectivity index is 3.94. The van der Waals surface area contributed by atoms with Crippen molar-refractivity contribution in [2.45, 2.75) is 53.9 Å². The fourth-order valence-electron chi connectivity index (χ4n) is 1.52. The summed E-state index contributed by atoms with van der Waals surface area (Å²) in [7, 11) is 0. The monoisotopic (exact) mass is 284 g/mol. The van der Waals surface area contributed by atoms with Crippen LogP contribution < -0.4 is 16.0 Å². The van der Waals surface area contributed by atoms with Gasteiger partial charge in [-0.05, 0) is 13.3 Å². The number of hydrogen-bond acceptors (Lipinski definition) is 2. The van der Waals surface area contributed by atoms with Crippen LogP contribution >= 0.6 is 0 Å². The summed E-state index contributed by atoms with van der Waals surface area (Å²) in [5.41, 5.74) is -0.335. The SMILES string of the molecule is CCCCCN=C(NCC)NCCNC(=O)C(C)(C)C. The van der Waals surface area contributed by atoms with Crippen molar-refractivity contribution in [1.82, 2.24) is 16.0 Å². The molecule has 0 bridgehead atoms. The fourth-order valence-corrected chi connectivity index (χ4v) is 1.52. The fraction of sp³-hybridized carbons (Fsp3) is 0.867. The molecule has 0 unspecified atom stereocenters. The Hall–Kier alpha value is -1.26. The molecule has 0 saturated heterocycles. The van der Waals surface area contributed by atoms with E-state index in [4.69, 9.17) is 0 Å². The number of rotatable bonds is 8. The summed E-state index contributed by atoms with van der Waals surface area (Å²) in [6, 6.07) is 0. The van der Waals surface area contributed by atoms with E-state index >= 15 is 0 Å². The number of nitrogens with one attached hydrogen (secondary N) is 3. The van der Waals surface area contributed by atoms with Gasteiger partial charge in [-0.3, -0.25) is 9.79 Å². The molecule has 0 heterocycles. The lowest BCUT2D eigenvalue weighted by atomic mass is 9.96. The van der Waals surface area contributed by atoms with Gasteiger partial charge in [-0.15, -0.1) is 0 Å². The second kappa shape index (κ2) is 10.5. The lowest BCUT2D eigenvalue weighted by molar-refractivity contribution is -0.128. The number of unbranched alkanes of at least 4 members (excludes halogenated alkanes) is 2. The van der Waals surface area contributed by atoms with E-state index in [1.807, 2.05) is 27.7 Å². The number of guanidine groups is 1. The van der Waals surface area contributed by atoms with Crippen LogP contribution in [0.2, 0.25) is 0 Å². The van der Waals surface area contributed by atoms with E-state index in [0.29, 0.717) is 13.1 Å². The molecule has 0 aliphatic heterocycles. The smallest absolute Gasteiger partial charge is 0.225 e. The molecule has 0 saturated carbocycles. The highest BCUT2D eigenvalue weighted by Crippen LogP contribution is 2.11. The molecule has 0 aromatic rings. The molecular formula is C15H32N4O. The Morgan fingerprint density at radius 1 is 1.00 bits per heavy atom. The third-order valence-electron chi connectivity index (χ3n) is 2.76. The molecule has 5 heteroatoms. The zero-order chi connectivity index (χ0) is 15.4. The molecule has 118 valence electrons. The molecule has 0 aromatic carbocycles. The zero-order valence-corrected chi connectivity index (χ0v) is 13.8. The molecule has 20 heavy (non-hydrogen) atoms. The molecule has 0 fully saturated rings. The molecular weight excluding hydrogens is 252 g/mol. The van der Waals surface area contributed by atoms with Crippen LogP contribution in [0.25, 0.3) is 0 Å². The first kappa shape index (κ1) is 18.7. The Morgan fingerprint density at radius 3 is 2.20 bits per heavy atom. The van der Waals surface area contributed by atoms with Gasteiger partial charge in [0.15, 0.2) is 5.96 Å². The van der Waals surface area contributed by atoms with E-state index < -0.39 is 0 Å². The average Bonchev–Trinajstić information content (AvgIpc) is 2.38. The summed E-state index contributed by atoms with van der Waals surface area (Å²) in [5.74, 6) is 0.901. The maximum atomic E-state index is 11.7. The first-order valence-corrected chi connectivity index (χ1v) is 7.72. The maximum absolute atomic E-state index is 11.7. The van der Waals surface area contributed by atoms with Gasteiger partial charge in [0.1, 0.15) is 0 Å². The van der Waals surface area contributed by atoms with E-state index in [0.717, 1.165) is 25.5 Å². The topological polar surface area (TPSA) is 65.5 Å². The van der Waals surface area contributed by atoms with Gasteiger partial charge < -0.3 is 16.0 Å². The normalized spacial score (nSPS) is 12.2. The van der Waals surface area contributed by atoms with Crippen LogP contribution in [0.5, 0.6) is 0 Å². The van der Waals surface area contributed by atoms with Gasteiger partial charge >= 0.3 is 0 Å². The van der Waals surface area contributed by atoms with Crippen molar-refractivity contribution >= 4 is 11.9 Å². The van der Waals surface area contributed by atoms with E-state index in [1.165, 1.54) is 12.8 Å². The van der Waals surface area contributed by atoms with Crippen molar-refractivity contribution in [2.24, 2.45) is 10.4 Å². The largest absolute Gasteiger partial charge is 0.357 e. The summed E-state index contributed by atoms with van der Waals surface area (Å²) >= 11 is 0. The Morgan fingerprint density at radius 2 is 1.65 bits per heavy atom. The molecule has 0 spiro atoms. The van der Waals surface area contributed by atoms with Crippen molar-refractivity contribution in [2.75, 3.05) is 26.2 Å².